The van der Waals surface area contributed by atoms with Crippen LogP contribution in [0.25, 0.3) is 0 Å². The maximum absolute atomic E-state index is 12.4. The number of hydrogen-bond acceptors (Lipinski definition) is 4. The van der Waals surface area contributed by atoms with E-state index in [0.717, 1.165) is 29.7 Å². The van der Waals surface area contributed by atoms with E-state index in [9.17, 15) is 9.59 Å². The summed E-state index contributed by atoms with van der Waals surface area (Å²) in [6, 6.07) is 17.5. The van der Waals surface area contributed by atoms with E-state index in [4.69, 9.17) is 9.47 Å². The predicted molar refractivity (Wildman–Crippen MR) is 115 cm³/mol. The normalized spacial score (nSPS) is 14.2. The quantitative estimate of drug-likeness (QED) is 0.666. The topological polar surface area (TPSA) is 67.9 Å². The van der Waals surface area contributed by atoms with Gasteiger partial charge in [-0.25, -0.2) is 4.79 Å². The molecule has 2 aromatic carbocycles. The highest BCUT2D eigenvalue weighted by Crippen LogP contribution is 2.17. The monoisotopic (exact) mass is 410 g/mol. The third-order valence-electron chi connectivity index (χ3n) is 5.27. The van der Waals surface area contributed by atoms with Gasteiger partial charge in [-0.2, -0.15) is 0 Å². The van der Waals surface area contributed by atoms with Crippen molar-refractivity contribution in [1.82, 2.24) is 10.2 Å². The van der Waals surface area contributed by atoms with Crippen LogP contribution in [0.2, 0.25) is 0 Å². The largest absolute Gasteiger partial charge is 0.493 e. The average Bonchev–Trinajstić information content (AvgIpc) is 2.77. The van der Waals surface area contributed by atoms with Gasteiger partial charge >= 0.3 is 6.09 Å². The summed E-state index contributed by atoms with van der Waals surface area (Å²) in [6.45, 7) is 4.11. The average molecular weight is 411 g/mol. The van der Waals surface area contributed by atoms with Crippen molar-refractivity contribution < 1.29 is 19.1 Å². The van der Waals surface area contributed by atoms with E-state index in [1.54, 1.807) is 0 Å². The maximum atomic E-state index is 12.4. The Morgan fingerprint density at radius 2 is 1.73 bits per heavy atom. The molecule has 1 fully saturated rings. The van der Waals surface area contributed by atoms with Gasteiger partial charge in [0.1, 0.15) is 12.4 Å². The number of benzene rings is 2. The number of aryl methyl sites for hydroxylation is 1. The second-order valence-electron chi connectivity index (χ2n) is 7.58. The second kappa shape index (κ2) is 11.2. The van der Waals surface area contributed by atoms with Crippen LogP contribution >= 0.6 is 0 Å². The number of para-hydroxylation sites is 1. The Hall–Kier alpha value is -3.02. The Balaban J connectivity index is 1.29. The highest BCUT2D eigenvalue weighted by atomic mass is 16.5. The maximum Gasteiger partial charge on any atom is 0.407 e. The van der Waals surface area contributed by atoms with Gasteiger partial charge in [0.2, 0.25) is 5.91 Å². The van der Waals surface area contributed by atoms with Crippen molar-refractivity contribution in [3.05, 3.63) is 65.7 Å². The van der Waals surface area contributed by atoms with Crippen LogP contribution in [-0.4, -0.2) is 42.6 Å². The van der Waals surface area contributed by atoms with Gasteiger partial charge in [0.05, 0.1) is 6.61 Å². The molecule has 0 atom stereocenters. The fraction of sp³-hybridized carbons (Fsp3) is 0.417. The van der Waals surface area contributed by atoms with E-state index in [-0.39, 0.29) is 18.6 Å². The molecule has 0 saturated carbocycles. The van der Waals surface area contributed by atoms with E-state index in [1.807, 2.05) is 66.4 Å². The summed E-state index contributed by atoms with van der Waals surface area (Å²) in [5, 5.41) is 2.91. The Bertz CT molecular complexity index is 817. The highest BCUT2D eigenvalue weighted by molar-refractivity contribution is 5.76. The number of rotatable bonds is 8. The first-order chi connectivity index (χ1) is 14.6. The van der Waals surface area contributed by atoms with Crippen molar-refractivity contribution in [2.24, 2.45) is 0 Å². The van der Waals surface area contributed by atoms with Gasteiger partial charge in [0.15, 0.2) is 0 Å². The number of nitrogens with zero attached hydrogens (tertiary/aromatic N) is 1. The summed E-state index contributed by atoms with van der Waals surface area (Å²) < 4.78 is 11.0. The molecule has 160 valence electrons. The minimum absolute atomic E-state index is 0.0433. The van der Waals surface area contributed by atoms with Crippen LogP contribution in [0.3, 0.4) is 0 Å². The van der Waals surface area contributed by atoms with E-state index in [0.29, 0.717) is 32.5 Å². The third-order valence-corrected chi connectivity index (χ3v) is 5.27. The number of amides is 2. The number of carbonyl (C=O) groups is 2. The molecule has 3 rings (SSSR count). The lowest BCUT2D eigenvalue weighted by molar-refractivity contribution is -0.132. The fourth-order valence-electron chi connectivity index (χ4n) is 3.49. The zero-order valence-electron chi connectivity index (χ0n) is 17.5. The zero-order chi connectivity index (χ0) is 21.2. The van der Waals surface area contributed by atoms with Crippen LogP contribution in [-0.2, 0) is 16.1 Å². The first-order valence-corrected chi connectivity index (χ1v) is 10.6. The van der Waals surface area contributed by atoms with Gasteiger partial charge in [0.25, 0.3) is 0 Å². The molecule has 30 heavy (non-hydrogen) atoms. The molecule has 1 saturated heterocycles. The van der Waals surface area contributed by atoms with Gasteiger partial charge in [-0.05, 0) is 43.4 Å². The number of alkyl carbamates (subject to hydrolysis) is 1. The Morgan fingerprint density at radius 1 is 1.03 bits per heavy atom. The molecular weight excluding hydrogens is 380 g/mol. The molecule has 1 aliphatic rings. The van der Waals surface area contributed by atoms with Gasteiger partial charge in [-0.1, -0.05) is 48.5 Å². The van der Waals surface area contributed by atoms with E-state index in [2.05, 4.69) is 5.32 Å². The molecule has 1 aliphatic heterocycles. The first kappa shape index (κ1) is 21.7. The van der Waals surface area contributed by atoms with Gasteiger partial charge in [-0.15, -0.1) is 0 Å². The summed E-state index contributed by atoms with van der Waals surface area (Å²) in [4.78, 5) is 26.3. The summed E-state index contributed by atoms with van der Waals surface area (Å²) in [6.07, 6.45) is 2.25. The van der Waals surface area contributed by atoms with Crippen molar-refractivity contribution >= 4 is 12.0 Å². The first-order valence-electron chi connectivity index (χ1n) is 10.6. The summed E-state index contributed by atoms with van der Waals surface area (Å²) in [7, 11) is 0. The molecule has 6 nitrogen and oxygen atoms in total. The molecule has 2 amide bonds. The Morgan fingerprint density at radius 3 is 2.47 bits per heavy atom. The molecular formula is C24H30N2O4. The fourth-order valence-corrected chi connectivity index (χ4v) is 3.49. The Labute approximate surface area is 178 Å². The van der Waals surface area contributed by atoms with Crippen molar-refractivity contribution in [3.8, 4) is 5.75 Å². The molecule has 1 heterocycles. The van der Waals surface area contributed by atoms with Crippen molar-refractivity contribution in [2.45, 2.75) is 45.3 Å². The number of carbonyl (C=O) groups excluding carboxylic acids is 2. The highest BCUT2D eigenvalue weighted by Gasteiger charge is 2.24. The van der Waals surface area contributed by atoms with Gasteiger partial charge < -0.3 is 19.7 Å². The second-order valence-corrected chi connectivity index (χ2v) is 7.58. The van der Waals surface area contributed by atoms with E-state index < -0.39 is 6.09 Å². The summed E-state index contributed by atoms with van der Waals surface area (Å²) in [5.41, 5.74) is 2.06. The molecule has 2 aromatic rings. The predicted octanol–water partition coefficient (Wildman–Crippen LogP) is 4.07. The van der Waals surface area contributed by atoms with Gasteiger partial charge in [0, 0.05) is 25.6 Å². The zero-order valence-corrected chi connectivity index (χ0v) is 17.5. The molecule has 0 spiro atoms. The van der Waals surface area contributed by atoms with Crippen LogP contribution in [0.1, 0.15) is 36.8 Å². The summed E-state index contributed by atoms with van der Waals surface area (Å²) in [5.74, 6) is 1.02. The number of ether oxygens (including phenoxy) is 2. The number of hydrogen-bond donors (Lipinski definition) is 1. The molecule has 6 heteroatoms. The van der Waals surface area contributed by atoms with Crippen LogP contribution < -0.4 is 10.1 Å². The lowest BCUT2D eigenvalue weighted by Crippen LogP contribution is -2.46. The number of nitrogens with one attached hydrogen (secondary N) is 1. The van der Waals surface area contributed by atoms with E-state index in [1.165, 1.54) is 0 Å². The van der Waals surface area contributed by atoms with Crippen LogP contribution in [0.15, 0.2) is 54.6 Å². The van der Waals surface area contributed by atoms with Crippen molar-refractivity contribution in [2.75, 3.05) is 19.7 Å². The van der Waals surface area contributed by atoms with Gasteiger partial charge in [-0.3, -0.25) is 4.79 Å². The molecule has 0 aliphatic carbocycles. The molecule has 1 N–H and O–H groups in total. The lowest BCUT2D eigenvalue weighted by atomic mass is 10.0. The number of piperidine rings is 1. The lowest BCUT2D eigenvalue weighted by Gasteiger charge is -2.32. The SMILES string of the molecule is Cc1ccccc1OCCCC(=O)N1CCC(NC(=O)OCc2ccccc2)CC1. The van der Waals surface area contributed by atoms with Crippen molar-refractivity contribution in [1.29, 1.82) is 0 Å². The molecule has 0 aromatic heterocycles. The van der Waals surface area contributed by atoms with Crippen molar-refractivity contribution in [3.63, 3.8) is 0 Å². The Kier molecular flexibility index (Phi) is 8.12. The smallest absolute Gasteiger partial charge is 0.407 e. The minimum Gasteiger partial charge on any atom is -0.493 e. The van der Waals surface area contributed by atoms with Crippen LogP contribution in [0.5, 0.6) is 5.75 Å². The molecule has 0 radical (unpaired) electrons. The minimum atomic E-state index is -0.406. The number of likely N-dealkylation sites (tertiary alicyclic amines) is 1. The third kappa shape index (κ3) is 6.79. The molecule has 0 bridgehead atoms. The molecule has 0 unspecified atom stereocenters. The van der Waals surface area contributed by atoms with E-state index >= 15 is 0 Å². The van der Waals surface area contributed by atoms with Crippen LogP contribution in [0, 0.1) is 6.92 Å². The standard InChI is InChI=1S/C24H30N2O4/c1-19-8-5-6-11-22(19)29-17-7-12-23(27)26-15-13-21(14-16-26)25-24(28)30-18-20-9-3-2-4-10-20/h2-6,8-11,21H,7,12-18H2,1H3,(H,25,28). The summed E-state index contributed by atoms with van der Waals surface area (Å²) >= 11 is 0. The van der Waals surface area contributed by atoms with Crippen LogP contribution in [0.4, 0.5) is 4.79 Å².